The molecule has 0 amide bonds. The van der Waals surface area contributed by atoms with Crippen LogP contribution in [0.1, 0.15) is 32.1 Å². The van der Waals surface area contributed by atoms with Gasteiger partial charge in [-0.25, -0.2) is 0 Å². The standard InChI is InChI=1S/C14H14N2O/c1-14(2,3)11-6-4-10(5-7-11)13-8-12(9-15)17-16-13/h4-8H,1-3H3. The average molecular weight is 226 g/mol. The van der Waals surface area contributed by atoms with Crippen LogP contribution < -0.4 is 0 Å². The molecule has 2 aromatic rings. The first kappa shape index (κ1) is 11.4. The maximum atomic E-state index is 8.66. The highest BCUT2D eigenvalue weighted by Gasteiger charge is 2.13. The molecular formula is C14H14N2O. The zero-order chi connectivity index (χ0) is 12.5. The van der Waals surface area contributed by atoms with Gasteiger partial charge in [-0.2, -0.15) is 5.26 Å². The number of rotatable bonds is 1. The second-order valence-electron chi connectivity index (χ2n) is 5.02. The van der Waals surface area contributed by atoms with Crippen molar-refractivity contribution in [2.45, 2.75) is 26.2 Å². The number of aromatic nitrogens is 1. The van der Waals surface area contributed by atoms with E-state index in [4.69, 9.17) is 9.78 Å². The van der Waals surface area contributed by atoms with Crippen molar-refractivity contribution in [1.82, 2.24) is 5.16 Å². The molecule has 0 atom stereocenters. The van der Waals surface area contributed by atoms with Crippen molar-refractivity contribution >= 4 is 0 Å². The van der Waals surface area contributed by atoms with Crippen molar-refractivity contribution in [3.8, 4) is 17.3 Å². The van der Waals surface area contributed by atoms with E-state index in [0.717, 1.165) is 5.56 Å². The smallest absolute Gasteiger partial charge is 0.236 e. The maximum absolute atomic E-state index is 8.66. The molecule has 0 aliphatic carbocycles. The van der Waals surface area contributed by atoms with Gasteiger partial charge >= 0.3 is 0 Å². The van der Waals surface area contributed by atoms with Gasteiger partial charge in [-0.3, -0.25) is 0 Å². The fourth-order valence-electron chi connectivity index (χ4n) is 1.60. The molecule has 0 bridgehead atoms. The summed E-state index contributed by atoms with van der Waals surface area (Å²) >= 11 is 0. The molecule has 0 fully saturated rings. The Morgan fingerprint density at radius 2 is 1.82 bits per heavy atom. The van der Waals surface area contributed by atoms with E-state index >= 15 is 0 Å². The summed E-state index contributed by atoms with van der Waals surface area (Å²) in [6.45, 7) is 6.52. The highest BCUT2D eigenvalue weighted by molar-refractivity contribution is 5.60. The highest BCUT2D eigenvalue weighted by Crippen LogP contribution is 2.25. The van der Waals surface area contributed by atoms with Gasteiger partial charge in [-0.15, -0.1) is 0 Å². The van der Waals surface area contributed by atoms with Crippen molar-refractivity contribution in [3.05, 3.63) is 41.7 Å². The number of nitriles is 1. The van der Waals surface area contributed by atoms with Crippen LogP contribution in [0.15, 0.2) is 34.9 Å². The van der Waals surface area contributed by atoms with Crippen molar-refractivity contribution < 1.29 is 4.52 Å². The van der Waals surface area contributed by atoms with Crippen molar-refractivity contribution in [2.24, 2.45) is 0 Å². The molecule has 0 saturated heterocycles. The van der Waals surface area contributed by atoms with Gasteiger partial charge in [0, 0.05) is 11.6 Å². The predicted octanol–water partition coefficient (Wildman–Crippen LogP) is 3.51. The minimum absolute atomic E-state index is 0.139. The van der Waals surface area contributed by atoms with Gasteiger partial charge in [0.1, 0.15) is 11.8 Å². The molecule has 1 heterocycles. The van der Waals surface area contributed by atoms with E-state index in [1.54, 1.807) is 6.07 Å². The van der Waals surface area contributed by atoms with Crippen LogP contribution in [0.2, 0.25) is 0 Å². The van der Waals surface area contributed by atoms with Crippen LogP contribution in [0.25, 0.3) is 11.3 Å². The lowest BCUT2D eigenvalue weighted by atomic mass is 9.86. The molecule has 3 heteroatoms. The van der Waals surface area contributed by atoms with Gasteiger partial charge < -0.3 is 4.52 Å². The Kier molecular flexibility index (Phi) is 2.72. The molecule has 0 saturated carbocycles. The molecule has 0 aliphatic rings. The molecular weight excluding hydrogens is 212 g/mol. The molecule has 1 aromatic carbocycles. The summed E-state index contributed by atoms with van der Waals surface area (Å²) in [5.41, 5.74) is 3.07. The summed E-state index contributed by atoms with van der Waals surface area (Å²) in [5, 5.41) is 12.5. The first-order chi connectivity index (χ1) is 8.00. The first-order valence-electron chi connectivity index (χ1n) is 5.48. The third kappa shape index (κ3) is 2.36. The molecule has 2 rings (SSSR count). The van der Waals surface area contributed by atoms with E-state index in [1.165, 1.54) is 5.56 Å². The van der Waals surface area contributed by atoms with Crippen LogP contribution in [-0.4, -0.2) is 5.16 Å². The Bertz CT molecular complexity index is 553. The lowest BCUT2D eigenvalue weighted by molar-refractivity contribution is 0.412. The van der Waals surface area contributed by atoms with Gasteiger partial charge in [0.25, 0.3) is 0 Å². The molecule has 0 N–H and O–H groups in total. The molecule has 3 nitrogen and oxygen atoms in total. The lowest BCUT2D eigenvalue weighted by Gasteiger charge is -2.18. The normalized spacial score (nSPS) is 11.2. The highest BCUT2D eigenvalue weighted by atomic mass is 16.5. The summed E-state index contributed by atoms with van der Waals surface area (Å²) < 4.78 is 4.85. The number of nitrogens with zero attached hydrogens (tertiary/aromatic N) is 2. The number of benzene rings is 1. The van der Waals surface area contributed by atoms with Gasteiger partial charge in [-0.05, 0) is 11.0 Å². The molecule has 0 unspecified atom stereocenters. The second kappa shape index (κ2) is 4.06. The van der Waals surface area contributed by atoms with Crippen LogP contribution in [0.4, 0.5) is 0 Å². The van der Waals surface area contributed by atoms with Crippen molar-refractivity contribution in [2.75, 3.05) is 0 Å². The average Bonchev–Trinajstić information content (AvgIpc) is 2.76. The fraction of sp³-hybridized carbons (Fsp3) is 0.286. The Balaban J connectivity index is 2.33. The molecule has 1 aromatic heterocycles. The molecule has 17 heavy (non-hydrogen) atoms. The molecule has 0 spiro atoms. The Hall–Kier alpha value is -2.08. The summed E-state index contributed by atoms with van der Waals surface area (Å²) in [7, 11) is 0. The number of hydrogen-bond donors (Lipinski definition) is 0. The number of hydrogen-bond acceptors (Lipinski definition) is 3. The van der Waals surface area contributed by atoms with Crippen LogP contribution in [0, 0.1) is 11.3 Å². The van der Waals surface area contributed by atoms with E-state index in [0.29, 0.717) is 5.69 Å². The van der Waals surface area contributed by atoms with E-state index in [2.05, 4.69) is 38.1 Å². The van der Waals surface area contributed by atoms with Crippen molar-refractivity contribution in [1.29, 1.82) is 5.26 Å². The largest absolute Gasteiger partial charge is 0.345 e. The second-order valence-corrected chi connectivity index (χ2v) is 5.02. The summed E-state index contributed by atoms with van der Waals surface area (Å²) in [5.74, 6) is 0.236. The van der Waals surface area contributed by atoms with E-state index in [-0.39, 0.29) is 11.2 Å². The lowest BCUT2D eigenvalue weighted by Crippen LogP contribution is -2.10. The molecule has 86 valence electrons. The third-order valence-electron chi connectivity index (χ3n) is 2.67. The van der Waals surface area contributed by atoms with Crippen molar-refractivity contribution in [3.63, 3.8) is 0 Å². The SMILES string of the molecule is CC(C)(C)c1ccc(-c2cc(C#N)on2)cc1. The summed E-state index contributed by atoms with van der Waals surface area (Å²) in [6.07, 6.45) is 0. The summed E-state index contributed by atoms with van der Waals surface area (Å²) in [6, 6.07) is 11.7. The first-order valence-corrected chi connectivity index (χ1v) is 5.48. The predicted molar refractivity (Wildman–Crippen MR) is 65.4 cm³/mol. The minimum atomic E-state index is 0.139. The Labute approximate surface area is 101 Å². The summed E-state index contributed by atoms with van der Waals surface area (Å²) in [4.78, 5) is 0. The monoisotopic (exact) mass is 226 g/mol. The van der Waals surface area contributed by atoms with Gasteiger partial charge in [0.2, 0.25) is 5.76 Å². The fourth-order valence-corrected chi connectivity index (χ4v) is 1.60. The van der Waals surface area contributed by atoms with E-state index in [9.17, 15) is 0 Å². The third-order valence-corrected chi connectivity index (χ3v) is 2.67. The van der Waals surface area contributed by atoms with Crippen LogP contribution >= 0.6 is 0 Å². The Morgan fingerprint density at radius 1 is 1.18 bits per heavy atom. The quantitative estimate of drug-likeness (QED) is 0.747. The molecule has 0 aliphatic heterocycles. The van der Waals surface area contributed by atoms with Gasteiger partial charge in [-0.1, -0.05) is 50.2 Å². The maximum Gasteiger partial charge on any atom is 0.236 e. The van der Waals surface area contributed by atoms with Crippen LogP contribution in [0.5, 0.6) is 0 Å². The van der Waals surface area contributed by atoms with Crippen LogP contribution in [-0.2, 0) is 5.41 Å². The topological polar surface area (TPSA) is 49.8 Å². The zero-order valence-electron chi connectivity index (χ0n) is 10.2. The molecule has 0 radical (unpaired) electrons. The van der Waals surface area contributed by atoms with Crippen LogP contribution in [0.3, 0.4) is 0 Å². The zero-order valence-corrected chi connectivity index (χ0v) is 10.2. The van der Waals surface area contributed by atoms with Gasteiger partial charge in [0.05, 0.1) is 0 Å². The van der Waals surface area contributed by atoms with E-state index in [1.807, 2.05) is 18.2 Å². The minimum Gasteiger partial charge on any atom is -0.345 e. The van der Waals surface area contributed by atoms with E-state index < -0.39 is 0 Å². The Morgan fingerprint density at radius 3 is 2.29 bits per heavy atom. The van der Waals surface area contributed by atoms with Gasteiger partial charge in [0.15, 0.2) is 0 Å².